The molecular weight excluding hydrogens is 336 g/mol. The molecule has 3 heterocycles. The van der Waals surface area contributed by atoms with Crippen molar-refractivity contribution in [2.45, 2.75) is 52.1 Å². The fourth-order valence-electron chi connectivity index (χ4n) is 3.17. The van der Waals surface area contributed by atoms with Crippen molar-refractivity contribution in [3.63, 3.8) is 0 Å². The number of amides is 1. The number of nitrogens with one attached hydrogen (secondary N) is 2. The van der Waals surface area contributed by atoms with E-state index in [9.17, 15) is 9.59 Å². The van der Waals surface area contributed by atoms with E-state index in [1.165, 1.54) is 0 Å². The maximum Gasteiger partial charge on any atom is 0.407 e. The van der Waals surface area contributed by atoms with Crippen LogP contribution in [0.15, 0.2) is 11.0 Å². The number of rotatable bonds is 3. The van der Waals surface area contributed by atoms with Gasteiger partial charge < -0.3 is 15.0 Å². The molecule has 1 saturated heterocycles. The van der Waals surface area contributed by atoms with Crippen LogP contribution in [-0.2, 0) is 10.3 Å². The highest BCUT2D eigenvalue weighted by Crippen LogP contribution is 2.21. The van der Waals surface area contributed by atoms with Crippen molar-refractivity contribution in [3.8, 4) is 0 Å². The predicted octanol–water partition coefficient (Wildman–Crippen LogP) is 1.59. The number of anilines is 1. The van der Waals surface area contributed by atoms with E-state index >= 15 is 0 Å². The molecule has 2 N–H and O–H groups in total. The van der Waals surface area contributed by atoms with E-state index in [1.54, 1.807) is 17.8 Å². The summed E-state index contributed by atoms with van der Waals surface area (Å²) in [6.07, 6.45) is 2.89. The summed E-state index contributed by atoms with van der Waals surface area (Å²) in [5.41, 5.74) is 0.0770. The van der Waals surface area contributed by atoms with Crippen LogP contribution in [-0.4, -0.2) is 51.6 Å². The van der Waals surface area contributed by atoms with Gasteiger partial charge in [0.05, 0.1) is 18.3 Å². The summed E-state index contributed by atoms with van der Waals surface area (Å²) in [6, 6.07) is -0.0451. The second-order valence-electron chi connectivity index (χ2n) is 7.50. The maximum atomic E-state index is 12.5. The molecule has 0 aliphatic carbocycles. The van der Waals surface area contributed by atoms with Gasteiger partial charge in [0.15, 0.2) is 5.65 Å². The molecule has 26 heavy (non-hydrogen) atoms. The molecule has 1 fully saturated rings. The zero-order valence-electron chi connectivity index (χ0n) is 15.7. The molecule has 0 spiro atoms. The molecule has 1 unspecified atom stereocenters. The molecule has 0 aromatic carbocycles. The number of hydrogen-bond acceptors (Lipinski definition) is 6. The van der Waals surface area contributed by atoms with Crippen LogP contribution in [0.5, 0.6) is 0 Å². The zero-order chi connectivity index (χ0) is 18.9. The number of carbonyl (C=O) groups is 1. The Morgan fingerprint density at radius 3 is 2.92 bits per heavy atom. The van der Waals surface area contributed by atoms with Gasteiger partial charge in [0.1, 0.15) is 5.39 Å². The Hall–Kier alpha value is -2.58. The van der Waals surface area contributed by atoms with Gasteiger partial charge in [-0.05, 0) is 40.5 Å². The molecule has 0 radical (unpaired) electrons. The summed E-state index contributed by atoms with van der Waals surface area (Å²) in [4.78, 5) is 33.6. The van der Waals surface area contributed by atoms with E-state index in [1.807, 2.05) is 25.7 Å². The molecular formula is C17H26N6O3. The number of carbonyl (C=O) groups excluding carboxylic acids is 1. The van der Waals surface area contributed by atoms with Crippen LogP contribution in [0.2, 0.25) is 0 Å². The van der Waals surface area contributed by atoms with Crippen LogP contribution >= 0.6 is 0 Å². The third-order valence-corrected chi connectivity index (χ3v) is 4.38. The van der Waals surface area contributed by atoms with E-state index in [0.29, 0.717) is 30.1 Å². The van der Waals surface area contributed by atoms with Crippen LogP contribution in [0.4, 0.5) is 10.7 Å². The van der Waals surface area contributed by atoms with Crippen molar-refractivity contribution in [3.05, 3.63) is 16.6 Å². The summed E-state index contributed by atoms with van der Waals surface area (Å²) in [5, 5.41) is 7.67. The standard InChI is InChI=1S/C17H26N6O3/c1-5-26-16(25)19-11-7-6-8-22(10-11)15-20-13-12(14(24)21-15)9-18-23(13)17(2,3)4/h9,11H,5-8,10H2,1-4H3,(H,19,25)(H,20,21,24). The minimum absolute atomic E-state index is 0.0451. The molecule has 9 nitrogen and oxygen atoms in total. The third kappa shape index (κ3) is 3.66. The molecule has 1 aliphatic rings. The van der Waals surface area contributed by atoms with Crippen molar-refractivity contribution in [1.82, 2.24) is 25.1 Å². The normalized spacial score (nSPS) is 18.2. The molecule has 1 amide bonds. The number of ether oxygens (including phenoxy) is 1. The Kier molecular flexibility index (Phi) is 4.88. The summed E-state index contributed by atoms with van der Waals surface area (Å²) in [5.74, 6) is 0.504. The maximum absolute atomic E-state index is 12.5. The summed E-state index contributed by atoms with van der Waals surface area (Å²) in [7, 11) is 0. The first-order valence-electron chi connectivity index (χ1n) is 8.96. The fraction of sp³-hybridized carbons (Fsp3) is 0.647. The Balaban J connectivity index is 1.87. The van der Waals surface area contributed by atoms with Crippen molar-refractivity contribution < 1.29 is 9.53 Å². The number of fused-ring (bicyclic) bond motifs is 1. The number of piperidine rings is 1. The molecule has 2 aromatic rings. The fourth-order valence-corrected chi connectivity index (χ4v) is 3.17. The quantitative estimate of drug-likeness (QED) is 0.859. The largest absolute Gasteiger partial charge is 0.450 e. The second kappa shape index (κ2) is 6.97. The van der Waals surface area contributed by atoms with Crippen LogP contribution in [0.1, 0.15) is 40.5 Å². The van der Waals surface area contributed by atoms with Gasteiger partial charge in [-0.3, -0.25) is 9.78 Å². The first kappa shape index (κ1) is 18.2. The van der Waals surface area contributed by atoms with Gasteiger partial charge in [-0.15, -0.1) is 0 Å². The van der Waals surface area contributed by atoms with Crippen LogP contribution < -0.4 is 15.8 Å². The number of H-pyrrole nitrogens is 1. The van der Waals surface area contributed by atoms with E-state index in [-0.39, 0.29) is 17.1 Å². The molecule has 142 valence electrons. The van der Waals surface area contributed by atoms with Gasteiger partial charge in [0.25, 0.3) is 5.56 Å². The molecule has 1 atom stereocenters. The first-order valence-corrected chi connectivity index (χ1v) is 8.96. The average molecular weight is 362 g/mol. The van der Waals surface area contributed by atoms with Crippen molar-refractivity contribution in [1.29, 1.82) is 0 Å². The average Bonchev–Trinajstić information content (AvgIpc) is 3.00. The van der Waals surface area contributed by atoms with E-state index < -0.39 is 6.09 Å². The molecule has 0 bridgehead atoms. The zero-order valence-corrected chi connectivity index (χ0v) is 15.7. The van der Waals surface area contributed by atoms with Crippen LogP contribution in [0.3, 0.4) is 0 Å². The van der Waals surface area contributed by atoms with E-state index in [2.05, 4.69) is 20.4 Å². The van der Waals surface area contributed by atoms with Gasteiger partial charge in [-0.2, -0.15) is 10.1 Å². The lowest BCUT2D eigenvalue weighted by Gasteiger charge is -2.33. The SMILES string of the molecule is CCOC(=O)NC1CCCN(c2nc3c(cnn3C(C)(C)C)c(=O)[nH]2)C1. The summed E-state index contributed by atoms with van der Waals surface area (Å²) in [6.45, 7) is 9.49. The van der Waals surface area contributed by atoms with Gasteiger partial charge in [-0.25, -0.2) is 9.48 Å². The third-order valence-electron chi connectivity index (χ3n) is 4.38. The van der Waals surface area contributed by atoms with E-state index in [4.69, 9.17) is 4.74 Å². The van der Waals surface area contributed by atoms with Crippen molar-refractivity contribution in [2.24, 2.45) is 0 Å². The Bertz CT molecular complexity index is 850. The Morgan fingerprint density at radius 1 is 1.46 bits per heavy atom. The summed E-state index contributed by atoms with van der Waals surface area (Å²) >= 11 is 0. The van der Waals surface area contributed by atoms with Crippen molar-refractivity contribution >= 4 is 23.1 Å². The first-order chi connectivity index (χ1) is 12.3. The molecule has 3 rings (SSSR count). The lowest BCUT2D eigenvalue weighted by Crippen LogP contribution is -2.48. The highest BCUT2D eigenvalue weighted by atomic mass is 16.5. The second-order valence-corrected chi connectivity index (χ2v) is 7.50. The monoisotopic (exact) mass is 362 g/mol. The molecule has 0 saturated carbocycles. The van der Waals surface area contributed by atoms with Crippen LogP contribution in [0, 0.1) is 0 Å². The molecule has 1 aliphatic heterocycles. The lowest BCUT2D eigenvalue weighted by atomic mass is 10.1. The van der Waals surface area contributed by atoms with Gasteiger partial charge in [0, 0.05) is 19.1 Å². The van der Waals surface area contributed by atoms with Gasteiger partial charge >= 0.3 is 6.09 Å². The number of aromatic amines is 1. The highest BCUT2D eigenvalue weighted by Gasteiger charge is 2.25. The number of aromatic nitrogens is 4. The predicted molar refractivity (Wildman–Crippen MR) is 98.5 cm³/mol. The van der Waals surface area contributed by atoms with Crippen molar-refractivity contribution in [2.75, 3.05) is 24.6 Å². The minimum Gasteiger partial charge on any atom is -0.450 e. The Morgan fingerprint density at radius 2 is 2.23 bits per heavy atom. The van der Waals surface area contributed by atoms with Crippen LogP contribution in [0.25, 0.3) is 11.0 Å². The summed E-state index contributed by atoms with van der Waals surface area (Å²) < 4.78 is 6.71. The molecule has 2 aromatic heterocycles. The lowest BCUT2D eigenvalue weighted by molar-refractivity contribution is 0.146. The number of alkyl carbamates (subject to hydrolysis) is 1. The Labute approximate surface area is 151 Å². The molecule has 9 heteroatoms. The topological polar surface area (TPSA) is 105 Å². The number of hydrogen-bond donors (Lipinski definition) is 2. The van der Waals surface area contributed by atoms with E-state index in [0.717, 1.165) is 19.4 Å². The van der Waals surface area contributed by atoms with Gasteiger partial charge in [-0.1, -0.05) is 0 Å². The smallest absolute Gasteiger partial charge is 0.407 e. The number of nitrogens with zero attached hydrogens (tertiary/aromatic N) is 4. The van der Waals surface area contributed by atoms with Gasteiger partial charge in [0.2, 0.25) is 5.95 Å². The highest BCUT2D eigenvalue weighted by molar-refractivity contribution is 5.75. The minimum atomic E-state index is -0.415.